The molecule has 7 heteroatoms. The van der Waals surface area contributed by atoms with Gasteiger partial charge in [-0.1, -0.05) is 23.7 Å². The number of likely N-dealkylation sites (N-methyl/N-ethyl adjacent to an activating group) is 1. The Morgan fingerprint density at radius 2 is 1.96 bits per heavy atom. The van der Waals surface area contributed by atoms with Crippen LogP contribution in [0.25, 0.3) is 10.9 Å². The van der Waals surface area contributed by atoms with E-state index in [1.807, 2.05) is 39.3 Å². The Kier molecular flexibility index (Phi) is 5.25. The summed E-state index contributed by atoms with van der Waals surface area (Å²) in [6, 6.07) is 7.54. The number of rotatable bonds is 3. The number of likely N-dealkylation sites (tertiary alicyclic amines) is 1. The molecule has 0 spiro atoms. The van der Waals surface area contributed by atoms with Crippen LogP contribution in [0.4, 0.5) is 0 Å². The Morgan fingerprint density at radius 1 is 1.23 bits per heavy atom. The second kappa shape index (κ2) is 7.29. The molecule has 2 atom stereocenters. The van der Waals surface area contributed by atoms with Gasteiger partial charge in [0.25, 0.3) is 5.91 Å². The van der Waals surface area contributed by atoms with Crippen molar-refractivity contribution < 1.29 is 14.7 Å². The number of hydrogen-bond acceptors (Lipinski definition) is 3. The normalized spacial score (nSPS) is 21.2. The standard InChI is InChI=1S/C19H24ClN3O3/c1-21(2)14-8-7-13(19(25)26)10-23(11-14)18(24)16-9-12-5-4-6-15(20)17(12)22(16)3/h4-6,9,13-14H,7-8,10-11H2,1-3H3,(H,25,26)/t13-,14+/m0/s1. The van der Waals surface area contributed by atoms with Gasteiger partial charge in [0.2, 0.25) is 0 Å². The first-order valence-corrected chi connectivity index (χ1v) is 9.09. The number of aromatic nitrogens is 1. The zero-order valence-corrected chi connectivity index (χ0v) is 16.0. The van der Waals surface area contributed by atoms with E-state index in [4.69, 9.17) is 11.6 Å². The summed E-state index contributed by atoms with van der Waals surface area (Å²) < 4.78 is 1.80. The minimum absolute atomic E-state index is 0.140. The number of halogens is 1. The molecule has 26 heavy (non-hydrogen) atoms. The molecule has 2 aromatic rings. The largest absolute Gasteiger partial charge is 0.481 e. The van der Waals surface area contributed by atoms with Crippen molar-refractivity contribution in [2.45, 2.75) is 18.9 Å². The molecule has 0 bridgehead atoms. The van der Waals surface area contributed by atoms with Crippen molar-refractivity contribution >= 4 is 34.4 Å². The number of carboxylic acids is 1. The number of carboxylic acid groups (broad SMARTS) is 1. The van der Waals surface area contributed by atoms with E-state index in [0.717, 1.165) is 17.3 Å². The number of fused-ring (bicyclic) bond motifs is 1. The Bertz CT molecular complexity index is 846. The van der Waals surface area contributed by atoms with Crippen LogP contribution >= 0.6 is 11.6 Å². The molecule has 1 aromatic carbocycles. The van der Waals surface area contributed by atoms with Crippen LogP contribution in [0.1, 0.15) is 23.3 Å². The monoisotopic (exact) mass is 377 g/mol. The van der Waals surface area contributed by atoms with Gasteiger partial charge in [0.1, 0.15) is 5.69 Å². The first-order valence-electron chi connectivity index (χ1n) is 8.72. The minimum atomic E-state index is -0.845. The second-order valence-corrected chi connectivity index (χ2v) is 7.61. The molecule has 0 unspecified atom stereocenters. The number of benzene rings is 1. The molecule has 0 aliphatic carbocycles. The van der Waals surface area contributed by atoms with E-state index < -0.39 is 11.9 Å². The zero-order valence-electron chi connectivity index (χ0n) is 15.3. The molecule has 3 rings (SSSR count). The Hall–Kier alpha value is -2.05. The highest BCUT2D eigenvalue weighted by Crippen LogP contribution is 2.28. The molecule has 6 nitrogen and oxygen atoms in total. The number of hydrogen-bond donors (Lipinski definition) is 1. The lowest BCUT2D eigenvalue weighted by Crippen LogP contribution is -2.43. The minimum Gasteiger partial charge on any atom is -0.481 e. The predicted octanol–water partition coefficient (Wildman–Crippen LogP) is 2.70. The van der Waals surface area contributed by atoms with E-state index >= 15 is 0 Å². The number of aryl methyl sites for hydroxylation is 1. The van der Waals surface area contributed by atoms with Crippen molar-refractivity contribution in [1.29, 1.82) is 0 Å². The average molecular weight is 378 g/mol. The van der Waals surface area contributed by atoms with Gasteiger partial charge >= 0.3 is 5.97 Å². The van der Waals surface area contributed by atoms with Crippen molar-refractivity contribution in [3.63, 3.8) is 0 Å². The predicted molar refractivity (Wildman–Crippen MR) is 102 cm³/mol. The third kappa shape index (κ3) is 3.44. The molecular formula is C19H24ClN3O3. The van der Waals surface area contributed by atoms with Gasteiger partial charge in [-0.2, -0.15) is 0 Å². The maximum absolute atomic E-state index is 13.2. The molecule has 1 aliphatic heterocycles. The summed E-state index contributed by atoms with van der Waals surface area (Å²) in [6.07, 6.45) is 1.33. The maximum Gasteiger partial charge on any atom is 0.308 e. The van der Waals surface area contributed by atoms with E-state index in [2.05, 4.69) is 4.90 Å². The van der Waals surface area contributed by atoms with Crippen LogP contribution in [-0.4, -0.2) is 64.6 Å². The summed E-state index contributed by atoms with van der Waals surface area (Å²) >= 11 is 6.29. The number of carbonyl (C=O) groups excluding carboxylic acids is 1. The topological polar surface area (TPSA) is 65.8 Å². The van der Waals surface area contributed by atoms with Gasteiger partial charge in [0.15, 0.2) is 0 Å². The van der Waals surface area contributed by atoms with Crippen LogP contribution < -0.4 is 0 Å². The summed E-state index contributed by atoms with van der Waals surface area (Å²) in [5.74, 6) is -1.54. The lowest BCUT2D eigenvalue weighted by atomic mass is 10.0. The molecule has 1 N–H and O–H groups in total. The lowest BCUT2D eigenvalue weighted by molar-refractivity contribution is -0.142. The van der Waals surface area contributed by atoms with E-state index in [1.165, 1.54) is 0 Å². The summed E-state index contributed by atoms with van der Waals surface area (Å²) in [7, 11) is 5.74. The van der Waals surface area contributed by atoms with Gasteiger partial charge in [0.05, 0.1) is 16.5 Å². The van der Waals surface area contributed by atoms with E-state index in [9.17, 15) is 14.7 Å². The number of nitrogens with zero attached hydrogens (tertiary/aromatic N) is 3. The van der Waals surface area contributed by atoms with Crippen LogP contribution in [0.5, 0.6) is 0 Å². The highest BCUT2D eigenvalue weighted by Gasteiger charge is 2.32. The molecule has 0 radical (unpaired) electrons. The average Bonchev–Trinajstić information content (AvgIpc) is 2.79. The molecule has 140 valence electrons. The fraction of sp³-hybridized carbons (Fsp3) is 0.474. The Labute approximate surface area is 157 Å². The van der Waals surface area contributed by atoms with Gasteiger partial charge in [-0.25, -0.2) is 0 Å². The van der Waals surface area contributed by atoms with Gasteiger partial charge < -0.3 is 19.5 Å². The van der Waals surface area contributed by atoms with Crippen molar-refractivity contribution in [2.75, 3.05) is 27.2 Å². The van der Waals surface area contributed by atoms with Crippen molar-refractivity contribution in [3.05, 3.63) is 35.0 Å². The van der Waals surface area contributed by atoms with E-state index in [1.54, 1.807) is 15.5 Å². The van der Waals surface area contributed by atoms with Crippen molar-refractivity contribution in [3.8, 4) is 0 Å². The van der Waals surface area contributed by atoms with Gasteiger partial charge in [-0.05, 0) is 39.1 Å². The third-order valence-electron chi connectivity index (χ3n) is 5.31. The highest BCUT2D eigenvalue weighted by molar-refractivity contribution is 6.35. The fourth-order valence-corrected chi connectivity index (χ4v) is 4.00. The molecule has 1 fully saturated rings. The number of carbonyl (C=O) groups is 2. The number of amides is 1. The lowest BCUT2D eigenvalue weighted by Gasteiger charge is -2.29. The maximum atomic E-state index is 13.2. The summed E-state index contributed by atoms with van der Waals surface area (Å²) in [5, 5.41) is 11.0. The van der Waals surface area contributed by atoms with Gasteiger partial charge in [-0.3, -0.25) is 9.59 Å². The molecular weight excluding hydrogens is 354 g/mol. The summed E-state index contributed by atoms with van der Waals surface area (Å²) in [4.78, 5) is 28.5. The zero-order chi connectivity index (χ0) is 19.0. The molecule has 0 saturated carbocycles. The first kappa shape index (κ1) is 18.7. The first-order chi connectivity index (χ1) is 12.3. The molecule has 1 saturated heterocycles. The van der Waals surface area contributed by atoms with Crippen LogP contribution in [0, 0.1) is 5.92 Å². The second-order valence-electron chi connectivity index (χ2n) is 7.21. The third-order valence-corrected chi connectivity index (χ3v) is 5.62. The highest BCUT2D eigenvalue weighted by atomic mass is 35.5. The molecule has 1 amide bonds. The van der Waals surface area contributed by atoms with Crippen LogP contribution in [0.15, 0.2) is 24.3 Å². The smallest absolute Gasteiger partial charge is 0.308 e. The van der Waals surface area contributed by atoms with Gasteiger partial charge in [0, 0.05) is 31.6 Å². The quantitative estimate of drug-likeness (QED) is 0.893. The molecule has 1 aromatic heterocycles. The van der Waals surface area contributed by atoms with E-state index in [-0.39, 0.29) is 18.5 Å². The summed E-state index contributed by atoms with van der Waals surface area (Å²) in [5.41, 5.74) is 1.34. The van der Waals surface area contributed by atoms with Crippen LogP contribution in [0.2, 0.25) is 5.02 Å². The Morgan fingerprint density at radius 3 is 2.58 bits per heavy atom. The summed E-state index contributed by atoms with van der Waals surface area (Å²) in [6.45, 7) is 0.749. The fourth-order valence-electron chi connectivity index (χ4n) is 3.69. The van der Waals surface area contributed by atoms with Crippen molar-refractivity contribution in [1.82, 2.24) is 14.4 Å². The Balaban J connectivity index is 1.97. The number of para-hydroxylation sites is 1. The number of aliphatic carboxylic acids is 1. The van der Waals surface area contributed by atoms with Crippen LogP contribution in [-0.2, 0) is 11.8 Å². The molecule has 2 heterocycles. The van der Waals surface area contributed by atoms with Crippen molar-refractivity contribution in [2.24, 2.45) is 13.0 Å². The molecule has 1 aliphatic rings. The van der Waals surface area contributed by atoms with Gasteiger partial charge in [-0.15, -0.1) is 0 Å². The van der Waals surface area contributed by atoms with Crippen LogP contribution in [0.3, 0.4) is 0 Å². The van der Waals surface area contributed by atoms with E-state index in [0.29, 0.717) is 23.7 Å². The SMILES string of the molecule is CN(C)[C@@H]1CC[C@H](C(=O)O)CN(C(=O)c2cc3cccc(Cl)c3n2C)C1.